The zero-order valence-corrected chi connectivity index (χ0v) is 19.8. The van der Waals surface area contributed by atoms with Crippen LogP contribution in [0.1, 0.15) is 57.6 Å². The third-order valence-electron chi connectivity index (χ3n) is 6.91. The van der Waals surface area contributed by atoms with E-state index in [2.05, 4.69) is 34.0 Å². The van der Waals surface area contributed by atoms with Crippen molar-refractivity contribution in [1.82, 2.24) is 4.57 Å². The van der Waals surface area contributed by atoms with Gasteiger partial charge >= 0.3 is 6.09 Å². The molecular weight excluding hydrogens is 426 g/mol. The third-order valence-corrected chi connectivity index (χ3v) is 6.91. The van der Waals surface area contributed by atoms with Gasteiger partial charge in [0.1, 0.15) is 11.9 Å². The number of nitrogens with one attached hydrogen (secondary N) is 1. The largest absolute Gasteiger partial charge is 0.494 e. The van der Waals surface area contributed by atoms with E-state index in [9.17, 15) is 4.79 Å². The first-order valence-corrected chi connectivity index (χ1v) is 12.2. The summed E-state index contributed by atoms with van der Waals surface area (Å²) in [6.07, 6.45) is 5.31. The molecule has 1 atom stereocenters. The van der Waals surface area contributed by atoms with Gasteiger partial charge in [0, 0.05) is 29.2 Å². The molecule has 6 nitrogen and oxygen atoms in total. The first kappa shape index (κ1) is 22.2. The Morgan fingerprint density at radius 3 is 2.56 bits per heavy atom. The number of nitrogens with two attached hydrogens (primary N) is 1. The van der Waals surface area contributed by atoms with Gasteiger partial charge in [0.05, 0.1) is 23.4 Å². The van der Waals surface area contributed by atoms with Crippen LogP contribution in [0.2, 0.25) is 0 Å². The number of carbonyl (C=O) groups is 1. The minimum atomic E-state index is -0.408. The zero-order valence-electron chi connectivity index (χ0n) is 19.8. The SMILES string of the molecule is CCOc1ccc2c(C#CN)c(-c3ccc(NC(=O)OC(C)C4CC4)cc3)n(C3CCC3)c2c1. The second-order valence-electron chi connectivity index (χ2n) is 9.21. The van der Waals surface area contributed by atoms with Gasteiger partial charge in [0.2, 0.25) is 0 Å². The molecule has 5 rings (SSSR count). The van der Waals surface area contributed by atoms with Crippen LogP contribution in [0.4, 0.5) is 10.5 Å². The molecule has 0 saturated heterocycles. The minimum Gasteiger partial charge on any atom is -0.494 e. The number of anilines is 1. The van der Waals surface area contributed by atoms with Crippen molar-refractivity contribution in [2.45, 2.75) is 58.1 Å². The predicted molar refractivity (Wildman–Crippen MR) is 135 cm³/mol. The number of aromatic nitrogens is 1. The topological polar surface area (TPSA) is 78.5 Å². The van der Waals surface area contributed by atoms with Crippen molar-refractivity contribution in [3.8, 4) is 29.0 Å². The lowest BCUT2D eigenvalue weighted by Crippen LogP contribution is -2.21. The number of benzene rings is 2. The van der Waals surface area contributed by atoms with E-state index in [1.165, 1.54) is 6.42 Å². The average molecular weight is 458 g/mol. The number of rotatable bonds is 7. The molecule has 3 N–H and O–H groups in total. The van der Waals surface area contributed by atoms with Crippen LogP contribution >= 0.6 is 0 Å². The van der Waals surface area contributed by atoms with E-state index in [1.54, 1.807) is 0 Å². The fraction of sp³-hybridized carbons (Fsp3) is 0.393. The Bertz CT molecular complexity index is 1260. The van der Waals surface area contributed by atoms with E-state index in [0.29, 0.717) is 24.3 Å². The lowest BCUT2D eigenvalue weighted by molar-refractivity contribution is 0.108. The summed E-state index contributed by atoms with van der Waals surface area (Å²) in [5.74, 6) is 4.51. The molecule has 1 unspecified atom stereocenters. The Balaban J connectivity index is 1.51. The smallest absolute Gasteiger partial charge is 0.411 e. The van der Waals surface area contributed by atoms with Gasteiger partial charge in [-0.05, 0) is 87.6 Å². The molecule has 0 spiro atoms. The summed E-state index contributed by atoms with van der Waals surface area (Å²) in [7, 11) is 0. The van der Waals surface area contributed by atoms with Crippen LogP contribution in [0.5, 0.6) is 5.75 Å². The molecule has 176 valence electrons. The van der Waals surface area contributed by atoms with E-state index < -0.39 is 6.09 Å². The molecule has 2 aliphatic rings. The number of hydrogen-bond acceptors (Lipinski definition) is 4. The van der Waals surface area contributed by atoms with Gasteiger partial charge in [-0.15, -0.1) is 0 Å². The van der Waals surface area contributed by atoms with E-state index >= 15 is 0 Å². The zero-order chi connectivity index (χ0) is 23.7. The number of ether oxygens (including phenoxy) is 2. The maximum Gasteiger partial charge on any atom is 0.411 e. The number of nitrogens with zero attached hydrogens (tertiary/aromatic N) is 1. The second-order valence-corrected chi connectivity index (χ2v) is 9.21. The summed E-state index contributed by atoms with van der Waals surface area (Å²) < 4.78 is 13.7. The monoisotopic (exact) mass is 457 g/mol. The summed E-state index contributed by atoms with van der Waals surface area (Å²) in [5, 5.41) is 3.92. The van der Waals surface area contributed by atoms with E-state index in [1.807, 2.05) is 44.2 Å². The number of fused-ring (bicyclic) bond motifs is 1. The molecule has 6 heteroatoms. The molecule has 2 saturated carbocycles. The van der Waals surface area contributed by atoms with Gasteiger partial charge < -0.3 is 19.8 Å². The normalized spacial score (nSPS) is 16.3. The predicted octanol–water partition coefficient (Wildman–Crippen LogP) is 6.05. The molecule has 0 radical (unpaired) electrons. The van der Waals surface area contributed by atoms with Crippen LogP contribution in [0.15, 0.2) is 42.5 Å². The molecule has 1 heterocycles. The van der Waals surface area contributed by atoms with Crippen LogP contribution < -0.4 is 15.8 Å². The van der Waals surface area contributed by atoms with Crippen LogP contribution in [0, 0.1) is 17.9 Å². The van der Waals surface area contributed by atoms with Crippen molar-refractivity contribution < 1.29 is 14.3 Å². The van der Waals surface area contributed by atoms with Crippen molar-refractivity contribution >= 4 is 22.7 Å². The van der Waals surface area contributed by atoms with Gasteiger partial charge in [0.25, 0.3) is 0 Å². The number of carbonyl (C=O) groups excluding carboxylic acids is 1. The molecule has 0 aliphatic heterocycles. The fourth-order valence-corrected chi connectivity index (χ4v) is 4.74. The Kier molecular flexibility index (Phi) is 6.10. The van der Waals surface area contributed by atoms with Gasteiger partial charge in [-0.2, -0.15) is 0 Å². The maximum absolute atomic E-state index is 12.3. The van der Waals surface area contributed by atoms with Gasteiger partial charge in [0.15, 0.2) is 0 Å². The molecule has 2 aromatic carbocycles. The van der Waals surface area contributed by atoms with Crippen molar-refractivity contribution in [3.63, 3.8) is 0 Å². The highest BCUT2D eigenvalue weighted by Crippen LogP contribution is 2.43. The van der Waals surface area contributed by atoms with Crippen LogP contribution in [-0.4, -0.2) is 23.4 Å². The average Bonchev–Trinajstić information content (AvgIpc) is 3.60. The molecule has 1 aromatic heterocycles. The summed E-state index contributed by atoms with van der Waals surface area (Å²) >= 11 is 0. The van der Waals surface area contributed by atoms with E-state index in [-0.39, 0.29) is 6.10 Å². The highest BCUT2D eigenvalue weighted by atomic mass is 16.6. The van der Waals surface area contributed by atoms with E-state index in [4.69, 9.17) is 15.2 Å². The molecular formula is C28H31N3O3. The Labute approximate surface area is 200 Å². The Hall–Kier alpha value is -3.59. The number of amides is 1. The minimum absolute atomic E-state index is 0.0450. The molecule has 1 amide bonds. The van der Waals surface area contributed by atoms with E-state index in [0.717, 1.165) is 59.2 Å². The highest BCUT2D eigenvalue weighted by Gasteiger charge is 2.31. The Morgan fingerprint density at radius 2 is 1.94 bits per heavy atom. The van der Waals surface area contributed by atoms with Crippen molar-refractivity contribution in [3.05, 3.63) is 48.0 Å². The van der Waals surface area contributed by atoms with Gasteiger partial charge in [-0.25, -0.2) is 4.79 Å². The molecule has 0 bridgehead atoms. The standard InChI is InChI=1S/C28H31N3O3/c1-3-33-23-13-14-24-25(15-16-29)27(31(26(24)17-23)22-5-4-6-22)20-9-11-21(12-10-20)30-28(32)34-18(2)19-7-8-19/h9-14,17-19,22H,3-8,29H2,1-2H3,(H,30,32). The van der Waals surface area contributed by atoms with Crippen LogP contribution in [-0.2, 0) is 4.74 Å². The van der Waals surface area contributed by atoms with Crippen molar-refractivity contribution in [2.75, 3.05) is 11.9 Å². The lowest BCUT2D eigenvalue weighted by atomic mass is 9.92. The van der Waals surface area contributed by atoms with Crippen molar-refractivity contribution in [2.24, 2.45) is 11.7 Å². The second kappa shape index (κ2) is 9.34. The summed E-state index contributed by atoms with van der Waals surface area (Å²) in [6, 6.07) is 17.1. The summed E-state index contributed by atoms with van der Waals surface area (Å²) in [6.45, 7) is 4.56. The fourth-order valence-electron chi connectivity index (χ4n) is 4.74. The van der Waals surface area contributed by atoms with Crippen LogP contribution in [0.25, 0.3) is 22.2 Å². The third kappa shape index (κ3) is 4.31. The first-order chi connectivity index (χ1) is 16.6. The Morgan fingerprint density at radius 1 is 1.18 bits per heavy atom. The molecule has 3 aromatic rings. The molecule has 2 aliphatic carbocycles. The summed E-state index contributed by atoms with van der Waals surface area (Å²) in [4.78, 5) is 12.3. The molecule has 34 heavy (non-hydrogen) atoms. The lowest BCUT2D eigenvalue weighted by Gasteiger charge is -2.30. The van der Waals surface area contributed by atoms with Crippen molar-refractivity contribution in [1.29, 1.82) is 0 Å². The number of hydrogen-bond donors (Lipinski definition) is 2. The summed E-state index contributed by atoms with van der Waals surface area (Å²) in [5.41, 5.74) is 10.5. The van der Waals surface area contributed by atoms with Crippen LogP contribution in [0.3, 0.4) is 0 Å². The highest BCUT2D eigenvalue weighted by molar-refractivity contribution is 5.96. The van der Waals surface area contributed by atoms with Gasteiger partial charge in [-0.1, -0.05) is 12.1 Å². The maximum atomic E-state index is 12.3. The first-order valence-electron chi connectivity index (χ1n) is 12.2. The quantitative estimate of drug-likeness (QED) is 0.335. The van der Waals surface area contributed by atoms with Gasteiger partial charge in [-0.3, -0.25) is 5.32 Å². The molecule has 2 fully saturated rings.